The predicted molar refractivity (Wildman–Crippen MR) is 123 cm³/mol. The third kappa shape index (κ3) is 4.57. The molecule has 5 heterocycles. The summed E-state index contributed by atoms with van der Waals surface area (Å²) in [7, 11) is 1.87. The number of nitrogens with zero attached hydrogens (tertiary/aromatic N) is 7. The molecule has 4 aromatic rings. The third-order valence-electron chi connectivity index (χ3n) is 5.42. The molecule has 4 aromatic heterocycles. The number of hydrogen-bond donors (Lipinski definition) is 2. The van der Waals surface area contributed by atoms with Crippen molar-refractivity contribution in [2.24, 2.45) is 7.05 Å². The van der Waals surface area contributed by atoms with Crippen molar-refractivity contribution in [3.63, 3.8) is 0 Å². The fraction of sp³-hybridized carbons (Fsp3) is 0.318. The molecule has 0 aliphatic carbocycles. The molecule has 0 aromatic carbocycles. The van der Waals surface area contributed by atoms with Crippen LogP contribution in [0.25, 0.3) is 11.0 Å². The Morgan fingerprint density at radius 3 is 2.65 bits per heavy atom. The highest BCUT2D eigenvalue weighted by atomic mass is 19.1. The zero-order valence-electron chi connectivity index (χ0n) is 18.7. The number of morpholine rings is 1. The second kappa shape index (κ2) is 9.14. The first kappa shape index (κ1) is 21.9. The molecule has 0 spiro atoms. The molecule has 1 fully saturated rings. The summed E-state index contributed by atoms with van der Waals surface area (Å²) >= 11 is 0. The maximum atomic E-state index is 14.3. The Labute approximate surface area is 194 Å². The van der Waals surface area contributed by atoms with Gasteiger partial charge in [-0.1, -0.05) is 0 Å². The fourth-order valence-corrected chi connectivity index (χ4v) is 3.73. The molecule has 1 aliphatic heterocycles. The van der Waals surface area contributed by atoms with Gasteiger partial charge >= 0.3 is 0 Å². The molecule has 0 saturated carbocycles. The molecule has 1 saturated heterocycles. The van der Waals surface area contributed by atoms with Gasteiger partial charge in [0.15, 0.2) is 5.65 Å². The van der Waals surface area contributed by atoms with Gasteiger partial charge in [-0.3, -0.25) is 4.98 Å². The molecule has 0 unspecified atom stereocenters. The summed E-state index contributed by atoms with van der Waals surface area (Å²) in [5, 5.41) is 6.96. The number of rotatable bonds is 6. The number of pyridine rings is 2. The number of fused-ring (bicyclic) bond motifs is 1. The number of aromatic nitrogens is 6. The van der Waals surface area contributed by atoms with Gasteiger partial charge in [0.2, 0.25) is 5.95 Å². The van der Waals surface area contributed by atoms with Gasteiger partial charge in [0.25, 0.3) is 0 Å². The van der Waals surface area contributed by atoms with E-state index in [1.165, 1.54) is 0 Å². The Hall–Kier alpha value is -3.93. The predicted octanol–water partition coefficient (Wildman–Crippen LogP) is 3.18. The number of halogens is 2. The molecule has 176 valence electrons. The van der Waals surface area contributed by atoms with E-state index in [0.29, 0.717) is 35.9 Å². The van der Waals surface area contributed by atoms with Crippen molar-refractivity contribution >= 4 is 34.4 Å². The van der Waals surface area contributed by atoms with Crippen LogP contribution in [-0.2, 0) is 11.8 Å². The monoisotopic (exact) mass is 467 g/mol. The van der Waals surface area contributed by atoms with Gasteiger partial charge in [0.1, 0.15) is 29.1 Å². The quantitative estimate of drug-likeness (QED) is 0.442. The van der Waals surface area contributed by atoms with Gasteiger partial charge in [0.05, 0.1) is 42.9 Å². The highest BCUT2D eigenvalue weighted by molar-refractivity contribution is 5.90. The molecule has 5 rings (SSSR count). The number of aryl methyl sites for hydroxylation is 1. The Balaban J connectivity index is 1.52. The standard InChI is InChI=1S/C22H23F2N9O/c1-13(19-16(24)9-14(23)10-25-19)27-22-30-20(28-17-11-32(2)12-26-17)15-3-4-18(29-21(15)31-22)33-5-7-34-8-6-33/h3-4,9-13H,5-8H2,1-2H3,(H2,27,28,29,30,31)/t13-/m0/s1. The Kier molecular flexibility index (Phi) is 5.88. The first-order valence-electron chi connectivity index (χ1n) is 10.8. The minimum atomic E-state index is -0.750. The topological polar surface area (TPSA) is 106 Å². The lowest BCUT2D eigenvalue weighted by molar-refractivity contribution is 0.122. The van der Waals surface area contributed by atoms with E-state index < -0.39 is 17.7 Å². The summed E-state index contributed by atoms with van der Waals surface area (Å²) in [5.74, 6) is 0.605. The normalized spacial score (nSPS) is 14.9. The summed E-state index contributed by atoms with van der Waals surface area (Å²) in [6.45, 7) is 4.44. The van der Waals surface area contributed by atoms with Crippen LogP contribution >= 0.6 is 0 Å². The molecular weight excluding hydrogens is 444 g/mol. The van der Waals surface area contributed by atoms with Gasteiger partial charge in [-0.15, -0.1) is 0 Å². The summed E-state index contributed by atoms with van der Waals surface area (Å²) in [4.78, 5) is 24.2. The van der Waals surface area contributed by atoms with Crippen LogP contribution in [0.1, 0.15) is 18.7 Å². The average Bonchev–Trinajstić information content (AvgIpc) is 3.23. The minimum Gasteiger partial charge on any atom is -0.378 e. The van der Waals surface area contributed by atoms with Crippen LogP contribution in [0.15, 0.2) is 36.9 Å². The SMILES string of the molecule is C[C@H](Nc1nc(Nc2cn(C)cn2)c2ccc(N3CCOCC3)nc2n1)c1ncc(F)cc1F. The average molecular weight is 467 g/mol. The summed E-state index contributed by atoms with van der Waals surface area (Å²) < 4.78 is 34.8. The second-order valence-corrected chi connectivity index (χ2v) is 7.97. The lowest BCUT2D eigenvalue weighted by atomic mass is 10.2. The summed E-state index contributed by atoms with van der Waals surface area (Å²) in [6.07, 6.45) is 4.46. The van der Waals surface area contributed by atoms with Crippen molar-refractivity contribution in [2.75, 3.05) is 41.8 Å². The van der Waals surface area contributed by atoms with E-state index in [4.69, 9.17) is 9.72 Å². The van der Waals surface area contributed by atoms with E-state index in [9.17, 15) is 8.78 Å². The molecule has 2 N–H and O–H groups in total. The first-order valence-corrected chi connectivity index (χ1v) is 10.8. The molecule has 0 radical (unpaired) electrons. The number of imidazole rings is 1. The van der Waals surface area contributed by atoms with Gasteiger partial charge in [-0.25, -0.2) is 18.7 Å². The van der Waals surface area contributed by atoms with E-state index >= 15 is 0 Å². The Morgan fingerprint density at radius 1 is 1.09 bits per heavy atom. The maximum Gasteiger partial charge on any atom is 0.227 e. The molecule has 1 aliphatic rings. The maximum absolute atomic E-state index is 14.3. The molecule has 0 amide bonds. The van der Waals surface area contributed by atoms with Gasteiger partial charge < -0.3 is 24.8 Å². The van der Waals surface area contributed by atoms with Crippen molar-refractivity contribution in [1.29, 1.82) is 0 Å². The number of nitrogens with one attached hydrogen (secondary N) is 2. The summed E-state index contributed by atoms with van der Waals surface area (Å²) in [6, 6.07) is 4.01. The molecular formula is C22H23F2N9O. The van der Waals surface area contributed by atoms with Crippen molar-refractivity contribution in [3.8, 4) is 0 Å². The van der Waals surface area contributed by atoms with E-state index in [0.717, 1.165) is 31.2 Å². The highest BCUT2D eigenvalue weighted by Gasteiger charge is 2.19. The lowest BCUT2D eigenvalue weighted by Crippen LogP contribution is -2.36. The van der Waals surface area contributed by atoms with Gasteiger partial charge in [-0.05, 0) is 19.1 Å². The second-order valence-electron chi connectivity index (χ2n) is 7.97. The van der Waals surface area contributed by atoms with Gasteiger partial charge in [0, 0.05) is 32.4 Å². The fourth-order valence-electron chi connectivity index (χ4n) is 3.73. The number of ether oxygens (including phenoxy) is 1. The number of hydrogen-bond acceptors (Lipinski definition) is 9. The Morgan fingerprint density at radius 2 is 1.91 bits per heavy atom. The van der Waals surface area contributed by atoms with E-state index in [-0.39, 0.29) is 11.6 Å². The molecule has 10 nitrogen and oxygen atoms in total. The van der Waals surface area contributed by atoms with Gasteiger partial charge in [-0.2, -0.15) is 9.97 Å². The molecule has 1 atom stereocenters. The van der Waals surface area contributed by atoms with Crippen LogP contribution in [-0.4, -0.2) is 55.8 Å². The largest absolute Gasteiger partial charge is 0.378 e. The van der Waals surface area contributed by atoms with Crippen molar-refractivity contribution < 1.29 is 13.5 Å². The number of anilines is 4. The van der Waals surface area contributed by atoms with Crippen LogP contribution in [0.4, 0.5) is 32.2 Å². The molecule has 12 heteroatoms. The van der Waals surface area contributed by atoms with Crippen LogP contribution < -0.4 is 15.5 Å². The minimum absolute atomic E-state index is 0.0550. The van der Waals surface area contributed by atoms with Crippen molar-refractivity contribution in [2.45, 2.75) is 13.0 Å². The summed E-state index contributed by atoms with van der Waals surface area (Å²) in [5.41, 5.74) is 0.513. The van der Waals surface area contributed by atoms with Crippen molar-refractivity contribution in [3.05, 3.63) is 54.2 Å². The molecule has 34 heavy (non-hydrogen) atoms. The smallest absolute Gasteiger partial charge is 0.227 e. The van der Waals surface area contributed by atoms with Crippen LogP contribution in [0.5, 0.6) is 0 Å². The lowest BCUT2D eigenvalue weighted by Gasteiger charge is -2.27. The first-order chi connectivity index (χ1) is 16.5. The van der Waals surface area contributed by atoms with Crippen LogP contribution in [0, 0.1) is 11.6 Å². The third-order valence-corrected chi connectivity index (χ3v) is 5.42. The molecule has 0 bridgehead atoms. The van der Waals surface area contributed by atoms with Crippen LogP contribution in [0.2, 0.25) is 0 Å². The zero-order chi connectivity index (χ0) is 23.7. The Bertz CT molecular complexity index is 1320. The zero-order valence-corrected chi connectivity index (χ0v) is 18.7. The van der Waals surface area contributed by atoms with E-state index in [2.05, 4.69) is 35.5 Å². The highest BCUT2D eigenvalue weighted by Crippen LogP contribution is 2.28. The van der Waals surface area contributed by atoms with Crippen molar-refractivity contribution in [1.82, 2.24) is 29.5 Å². The van der Waals surface area contributed by atoms with E-state index in [1.54, 1.807) is 13.3 Å². The van der Waals surface area contributed by atoms with E-state index in [1.807, 2.05) is 29.9 Å². The van der Waals surface area contributed by atoms with Crippen LogP contribution in [0.3, 0.4) is 0 Å².